The van der Waals surface area contributed by atoms with Crippen LogP contribution in [0.5, 0.6) is 0 Å². The van der Waals surface area contributed by atoms with Crippen molar-refractivity contribution in [2.24, 2.45) is 22.7 Å². The van der Waals surface area contributed by atoms with Crippen LogP contribution in [-0.2, 0) is 19.2 Å². The van der Waals surface area contributed by atoms with E-state index >= 15 is 0 Å². The van der Waals surface area contributed by atoms with Crippen LogP contribution in [0.1, 0.15) is 88.0 Å². The fourth-order valence-corrected chi connectivity index (χ4v) is 6.31. The lowest BCUT2D eigenvalue weighted by atomic mass is 9.43. The van der Waals surface area contributed by atoms with Gasteiger partial charge < -0.3 is 15.0 Å². The van der Waals surface area contributed by atoms with Crippen LogP contribution >= 0.6 is 0 Å². The van der Waals surface area contributed by atoms with Crippen molar-refractivity contribution < 1.29 is 24.0 Å². The average molecular weight is 466 g/mol. The van der Waals surface area contributed by atoms with Gasteiger partial charge in [0.25, 0.3) is 0 Å². The Morgan fingerprint density at radius 3 is 2.33 bits per heavy atom. The van der Waals surface area contributed by atoms with Crippen molar-refractivity contribution in [3.63, 3.8) is 0 Å². The van der Waals surface area contributed by atoms with E-state index in [0.717, 1.165) is 19.3 Å². The normalized spacial score (nSPS) is 36.7. The molecule has 1 N–H and O–H groups in total. The second-order valence-electron chi connectivity index (χ2n) is 13.3. The van der Waals surface area contributed by atoms with Crippen molar-refractivity contribution in [2.75, 3.05) is 6.54 Å². The zero-order chi connectivity index (χ0) is 24.6. The van der Waals surface area contributed by atoms with Crippen molar-refractivity contribution in [2.45, 2.75) is 118 Å². The van der Waals surface area contributed by atoms with Crippen molar-refractivity contribution in [3.05, 3.63) is 0 Å². The molecule has 188 valence electrons. The van der Waals surface area contributed by atoms with Gasteiger partial charge in [0.15, 0.2) is 0 Å². The van der Waals surface area contributed by atoms with Crippen molar-refractivity contribution in [1.29, 1.82) is 0 Å². The summed E-state index contributed by atoms with van der Waals surface area (Å²) in [5, 5.41) is 4.44. The molecule has 0 aromatic heterocycles. The number of hydrogen-bond donors (Lipinski definition) is 1. The van der Waals surface area contributed by atoms with Crippen molar-refractivity contribution in [1.82, 2.24) is 15.4 Å². The highest BCUT2D eigenvalue weighted by molar-refractivity contribution is 5.87. The monoisotopic (exact) mass is 465 g/mol. The van der Waals surface area contributed by atoms with Gasteiger partial charge in [0.2, 0.25) is 5.91 Å². The molecule has 0 radical (unpaired) electrons. The van der Waals surface area contributed by atoms with Crippen LogP contribution in [0.25, 0.3) is 0 Å². The summed E-state index contributed by atoms with van der Waals surface area (Å²) in [7, 11) is 0. The first-order chi connectivity index (χ1) is 15.0. The lowest BCUT2D eigenvalue weighted by molar-refractivity contribution is -0.365. The minimum absolute atomic E-state index is 0.0186. The molecule has 2 aliphatic heterocycles. The Labute approximate surface area is 198 Å². The second kappa shape index (κ2) is 7.82. The van der Waals surface area contributed by atoms with Crippen LogP contribution in [0.15, 0.2) is 0 Å². The van der Waals surface area contributed by atoms with Gasteiger partial charge in [-0.3, -0.25) is 14.5 Å². The van der Waals surface area contributed by atoms with Crippen LogP contribution in [-0.4, -0.2) is 58.2 Å². The summed E-state index contributed by atoms with van der Waals surface area (Å²) in [6.07, 6.45) is 2.94. The number of nitrogens with one attached hydrogen (secondary N) is 1. The number of rotatable bonds is 3. The molecule has 5 aliphatic rings. The molecular weight excluding hydrogens is 422 g/mol. The first-order valence-electron chi connectivity index (χ1n) is 12.5. The summed E-state index contributed by atoms with van der Waals surface area (Å²) in [5.41, 5.74) is -1.24. The minimum atomic E-state index is -0.722. The Morgan fingerprint density at radius 2 is 1.76 bits per heavy atom. The molecule has 3 aliphatic carbocycles. The van der Waals surface area contributed by atoms with Gasteiger partial charge in [-0.05, 0) is 81.3 Å². The molecule has 2 unspecified atom stereocenters. The van der Waals surface area contributed by atoms with E-state index in [1.165, 1.54) is 6.42 Å². The maximum absolute atomic E-state index is 13.7. The Morgan fingerprint density at radius 1 is 1.09 bits per heavy atom. The first-order valence-corrected chi connectivity index (χ1v) is 12.5. The molecule has 6 atom stereocenters. The Hall–Kier alpha value is -1.38. The van der Waals surface area contributed by atoms with Gasteiger partial charge >= 0.3 is 6.09 Å². The van der Waals surface area contributed by atoms with E-state index in [0.29, 0.717) is 18.4 Å². The standard InChI is InChI=1S/C25H43N3O5/c1-22(2,3)19(26-21(30)31-23(4,5)6)20(29)27-12-10-11-18(27)28-32-17-14-15-13-16(24(15,7)8)25(17,9)33-28/h15-19H,10-14H2,1-9H3,(H,26,30)/t15?,16?,17-,18-,19-,25+/m1/s1. The lowest BCUT2D eigenvalue weighted by Gasteiger charge is -2.63. The third-order valence-corrected chi connectivity index (χ3v) is 8.34. The molecule has 2 heterocycles. The zero-order valence-electron chi connectivity index (χ0n) is 21.9. The predicted octanol–water partition coefficient (Wildman–Crippen LogP) is 4.25. The summed E-state index contributed by atoms with van der Waals surface area (Å²) in [5.74, 6) is 0.974. The van der Waals surface area contributed by atoms with Gasteiger partial charge in [-0.2, -0.15) is 0 Å². The van der Waals surface area contributed by atoms with Crippen LogP contribution in [0.2, 0.25) is 0 Å². The van der Waals surface area contributed by atoms with Crippen LogP contribution in [0.4, 0.5) is 4.79 Å². The number of hydrogen-bond acceptors (Lipinski definition) is 6. The molecule has 33 heavy (non-hydrogen) atoms. The van der Waals surface area contributed by atoms with E-state index in [9.17, 15) is 9.59 Å². The summed E-state index contributed by atoms with van der Waals surface area (Å²) >= 11 is 0. The van der Waals surface area contributed by atoms with Gasteiger partial charge in [-0.1, -0.05) is 34.6 Å². The smallest absolute Gasteiger partial charge is 0.408 e. The molecule has 0 aromatic rings. The largest absolute Gasteiger partial charge is 0.444 e. The molecule has 0 spiro atoms. The fraction of sp³-hybridized carbons (Fsp3) is 0.920. The molecule has 2 amide bonds. The van der Waals surface area contributed by atoms with Gasteiger partial charge in [-0.15, -0.1) is 0 Å². The third kappa shape index (κ3) is 4.27. The molecule has 8 nitrogen and oxygen atoms in total. The summed E-state index contributed by atoms with van der Waals surface area (Å²) in [6, 6.07) is -0.722. The Balaban J connectivity index is 1.49. The second-order valence-corrected chi connectivity index (χ2v) is 13.3. The van der Waals surface area contributed by atoms with E-state index in [1.54, 1.807) is 5.23 Å². The van der Waals surface area contributed by atoms with Gasteiger partial charge in [-0.25, -0.2) is 4.79 Å². The predicted molar refractivity (Wildman–Crippen MR) is 124 cm³/mol. The highest BCUT2D eigenvalue weighted by Crippen LogP contribution is 2.66. The quantitative estimate of drug-likeness (QED) is 0.671. The van der Waals surface area contributed by atoms with E-state index in [4.69, 9.17) is 14.4 Å². The number of carbonyl (C=O) groups excluding carboxylic acids is 2. The lowest BCUT2D eigenvalue weighted by Crippen LogP contribution is -2.65. The topological polar surface area (TPSA) is 80.3 Å². The number of nitrogens with zero attached hydrogens (tertiary/aromatic N) is 2. The van der Waals surface area contributed by atoms with Crippen LogP contribution in [0.3, 0.4) is 0 Å². The van der Waals surface area contributed by atoms with E-state index < -0.39 is 23.2 Å². The molecule has 2 bridgehead atoms. The van der Waals surface area contributed by atoms with Crippen LogP contribution in [0, 0.1) is 22.7 Å². The minimum Gasteiger partial charge on any atom is -0.444 e. The van der Waals surface area contributed by atoms with E-state index in [2.05, 4.69) is 26.1 Å². The SMILES string of the molecule is CC(C)(C)OC(=O)N[C@H](C(=O)N1CCC[C@H]1N1O[C@@H]2CC3CC(C3(C)C)[C@]2(C)O1)C(C)(C)C. The van der Waals surface area contributed by atoms with Crippen molar-refractivity contribution >= 4 is 12.0 Å². The highest BCUT2D eigenvalue weighted by Gasteiger charge is 2.69. The summed E-state index contributed by atoms with van der Waals surface area (Å²) in [6.45, 7) is 18.7. The maximum Gasteiger partial charge on any atom is 0.408 e. The van der Waals surface area contributed by atoms with E-state index in [1.807, 2.05) is 46.4 Å². The summed E-state index contributed by atoms with van der Waals surface area (Å²) < 4.78 is 5.44. The number of carbonyl (C=O) groups is 2. The molecule has 0 aromatic carbocycles. The summed E-state index contributed by atoms with van der Waals surface area (Å²) in [4.78, 5) is 40.9. The number of amides is 2. The van der Waals surface area contributed by atoms with Crippen molar-refractivity contribution in [3.8, 4) is 0 Å². The van der Waals surface area contributed by atoms with Gasteiger partial charge in [0.05, 0.1) is 0 Å². The van der Waals surface area contributed by atoms with Crippen LogP contribution < -0.4 is 5.32 Å². The number of hydroxylamine groups is 2. The molecule has 5 fully saturated rings. The van der Waals surface area contributed by atoms with Gasteiger partial charge in [0, 0.05) is 6.54 Å². The fourth-order valence-electron chi connectivity index (χ4n) is 6.31. The molecular formula is C25H43N3O5. The first kappa shape index (κ1) is 24.7. The third-order valence-electron chi connectivity index (χ3n) is 8.34. The molecule has 3 saturated carbocycles. The van der Waals surface area contributed by atoms with Gasteiger partial charge in [0.1, 0.15) is 29.5 Å². The Kier molecular flexibility index (Phi) is 5.86. The highest BCUT2D eigenvalue weighted by atomic mass is 17.0. The molecule has 2 saturated heterocycles. The molecule has 8 heteroatoms. The maximum atomic E-state index is 13.7. The van der Waals surface area contributed by atoms with E-state index in [-0.39, 0.29) is 29.2 Å². The average Bonchev–Trinajstić information content (AvgIpc) is 3.26. The number of likely N-dealkylation sites (tertiary alicyclic amines) is 1. The number of alkyl carbamates (subject to hydrolysis) is 1. The Bertz CT molecular complexity index is 801. The number of ether oxygens (including phenoxy) is 1. The zero-order valence-corrected chi connectivity index (χ0v) is 21.9. The molecule has 5 rings (SSSR count).